The lowest BCUT2D eigenvalue weighted by molar-refractivity contribution is -0.0429. The Morgan fingerprint density at radius 2 is 1.95 bits per heavy atom. The van der Waals surface area contributed by atoms with Gasteiger partial charge in [-0.25, -0.2) is 0 Å². The van der Waals surface area contributed by atoms with Crippen LogP contribution in [0.25, 0.3) is 10.9 Å². The Bertz CT molecular complexity index is 783. The van der Waals surface area contributed by atoms with E-state index in [1.54, 1.807) is 13.0 Å². The van der Waals surface area contributed by atoms with Crippen molar-refractivity contribution in [3.05, 3.63) is 22.7 Å². The van der Waals surface area contributed by atoms with Crippen molar-refractivity contribution in [2.24, 2.45) is 7.05 Å². The minimum Gasteiger partial charge on any atom is -0.265 e. The summed E-state index contributed by atoms with van der Waals surface area (Å²) in [7, 11) is -4.06. The van der Waals surface area contributed by atoms with Crippen LogP contribution in [0.5, 0.6) is 0 Å². The van der Waals surface area contributed by atoms with Crippen molar-refractivity contribution in [2.75, 3.05) is 4.72 Å². The van der Waals surface area contributed by atoms with Gasteiger partial charge >= 0.3 is 15.5 Å². The summed E-state index contributed by atoms with van der Waals surface area (Å²) in [5.74, 6) is -0.450. The number of hydrogen-bond donors (Lipinski definition) is 1. The van der Waals surface area contributed by atoms with E-state index >= 15 is 0 Å². The molecule has 0 amide bonds. The first-order valence-corrected chi connectivity index (χ1v) is 7.11. The first kappa shape index (κ1) is 14.9. The number of alkyl halides is 3. The topological polar surface area (TPSA) is 64.0 Å². The second-order valence-corrected chi connectivity index (χ2v) is 6.19. The molecule has 1 aromatic heterocycles. The summed E-state index contributed by atoms with van der Waals surface area (Å²) in [4.78, 5) is 0. The van der Waals surface area contributed by atoms with Crippen LogP contribution in [0, 0.1) is 6.92 Å². The molecule has 0 fully saturated rings. The van der Waals surface area contributed by atoms with Gasteiger partial charge in [0, 0.05) is 7.05 Å². The zero-order chi connectivity index (χ0) is 15.3. The number of nitrogens with zero attached hydrogens (tertiary/aromatic N) is 2. The predicted octanol–water partition coefficient (Wildman–Crippen LogP) is 2.80. The van der Waals surface area contributed by atoms with Gasteiger partial charge in [-0.05, 0) is 18.6 Å². The Labute approximate surface area is 117 Å². The molecule has 1 N–H and O–H groups in total. The van der Waals surface area contributed by atoms with Crippen molar-refractivity contribution in [1.29, 1.82) is 0 Å². The van der Waals surface area contributed by atoms with Crippen molar-refractivity contribution in [3.8, 4) is 0 Å². The molecule has 1 aromatic carbocycles. The predicted molar refractivity (Wildman–Crippen MR) is 69.1 cm³/mol. The number of aryl methyl sites for hydroxylation is 2. The number of rotatable bonds is 2. The van der Waals surface area contributed by atoms with Gasteiger partial charge in [-0.15, -0.1) is 0 Å². The van der Waals surface area contributed by atoms with E-state index in [9.17, 15) is 21.6 Å². The van der Waals surface area contributed by atoms with Crippen LogP contribution in [0.3, 0.4) is 0 Å². The highest BCUT2D eigenvalue weighted by Crippen LogP contribution is 2.34. The van der Waals surface area contributed by atoms with Crippen LogP contribution in [0.1, 0.15) is 5.56 Å². The molecule has 0 aliphatic rings. The Hall–Kier alpha value is -1.48. The molecule has 20 heavy (non-hydrogen) atoms. The lowest BCUT2D eigenvalue weighted by Crippen LogP contribution is -2.30. The van der Waals surface area contributed by atoms with Crippen molar-refractivity contribution in [1.82, 2.24) is 9.78 Å². The van der Waals surface area contributed by atoms with E-state index in [0.717, 1.165) is 0 Å². The highest BCUT2D eigenvalue weighted by molar-refractivity contribution is 7.93. The molecule has 2 aromatic rings. The standard InChI is InChI=1S/C10H9ClF3N3O2S/c1-5-3-4-6(11)7-8(5)17(2)15-9(7)16-20(18,19)10(12,13)14/h3-4H,1-2H3,(H,15,16). The van der Waals surface area contributed by atoms with Gasteiger partial charge in [0.15, 0.2) is 5.82 Å². The quantitative estimate of drug-likeness (QED) is 0.922. The van der Waals surface area contributed by atoms with Crippen LogP contribution >= 0.6 is 11.6 Å². The summed E-state index contributed by atoms with van der Waals surface area (Å²) < 4.78 is 62.1. The molecule has 5 nitrogen and oxygen atoms in total. The van der Waals surface area contributed by atoms with Gasteiger partial charge in [-0.2, -0.15) is 26.7 Å². The van der Waals surface area contributed by atoms with Crippen molar-refractivity contribution in [2.45, 2.75) is 12.4 Å². The Morgan fingerprint density at radius 1 is 1.35 bits per heavy atom. The third-order valence-corrected chi connectivity index (χ3v) is 4.06. The summed E-state index contributed by atoms with van der Waals surface area (Å²) in [5.41, 5.74) is -4.26. The van der Waals surface area contributed by atoms with Gasteiger partial charge < -0.3 is 0 Å². The molecule has 10 heteroatoms. The molecule has 0 unspecified atom stereocenters. The molecule has 0 radical (unpaired) electrons. The fourth-order valence-electron chi connectivity index (χ4n) is 1.82. The molecular formula is C10H9ClF3N3O2S. The normalized spacial score (nSPS) is 12.9. The lowest BCUT2D eigenvalue weighted by atomic mass is 10.1. The molecule has 0 spiro atoms. The Balaban J connectivity index is 2.67. The van der Waals surface area contributed by atoms with Crippen molar-refractivity contribution >= 4 is 38.3 Å². The van der Waals surface area contributed by atoms with Crippen LogP contribution < -0.4 is 4.72 Å². The maximum absolute atomic E-state index is 12.4. The number of nitrogens with one attached hydrogen (secondary N) is 1. The van der Waals surface area contributed by atoms with Crippen LogP contribution in [-0.4, -0.2) is 23.7 Å². The summed E-state index contributed by atoms with van der Waals surface area (Å²) in [6.45, 7) is 1.71. The van der Waals surface area contributed by atoms with Gasteiger partial charge in [-0.1, -0.05) is 17.7 Å². The number of aromatic nitrogens is 2. The van der Waals surface area contributed by atoms with E-state index < -0.39 is 21.3 Å². The lowest BCUT2D eigenvalue weighted by Gasteiger charge is -2.08. The molecular weight excluding hydrogens is 319 g/mol. The SMILES string of the molecule is Cc1ccc(Cl)c2c(NS(=O)(=O)C(F)(F)F)nn(C)c12. The number of halogens is 4. The summed E-state index contributed by atoms with van der Waals surface area (Å²) in [5, 5.41) is 3.99. The third kappa shape index (κ3) is 2.31. The maximum atomic E-state index is 12.4. The number of anilines is 1. The average molecular weight is 328 g/mol. The molecule has 0 atom stereocenters. The summed E-state index contributed by atoms with van der Waals surface area (Å²) >= 11 is 5.92. The van der Waals surface area contributed by atoms with Gasteiger partial charge in [-0.3, -0.25) is 9.40 Å². The number of sulfonamides is 1. The molecule has 0 bridgehead atoms. The maximum Gasteiger partial charge on any atom is 0.516 e. The molecule has 0 aliphatic heterocycles. The average Bonchev–Trinajstić information content (AvgIpc) is 2.60. The van der Waals surface area contributed by atoms with Crippen LogP contribution in [-0.2, 0) is 17.1 Å². The summed E-state index contributed by atoms with van der Waals surface area (Å²) in [6.07, 6.45) is 0. The molecule has 1 heterocycles. The molecule has 0 saturated heterocycles. The minimum absolute atomic E-state index is 0.110. The monoisotopic (exact) mass is 327 g/mol. The first-order valence-electron chi connectivity index (χ1n) is 5.25. The number of benzene rings is 1. The molecule has 110 valence electrons. The number of fused-ring (bicyclic) bond motifs is 1. The minimum atomic E-state index is -5.54. The van der Waals surface area contributed by atoms with Gasteiger partial charge in [0.05, 0.1) is 15.9 Å². The largest absolute Gasteiger partial charge is 0.516 e. The molecule has 0 saturated carbocycles. The van der Waals surface area contributed by atoms with Crippen LogP contribution in [0.15, 0.2) is 12.1 Å². The van der Waals surface area contributed by atoms with Gasteiger partial charge in [0.1, 0.15) is 0 Å². The molecule has 0 aliphatic carbocycles. The highest BCUT2D eigenvalue weighted by atomic mass is 35.5. The van der Waals surface area contributed by atoms with E-state index in [-0.39, 0.29) is 10.4 Å². The van der Waals surface area contributed by atoms with Gasteiger partial charge in [0.2, 0.25) is 0 Å². The third-order valence-electron chi connectivity index (χ3n) is 2.67. The van der Waals surface area contributed by atoms with Crippen LogP contribution in [0.2, 0.25) is 5.02 Å². The van der Waals surface area contributed by atoms with Gasteiger partial charge in [0.25, 0.3) is 0 Å². The zero-order valence-corrected chi connectivity index (χ0v) is 11.9. The second-order valence-electron chi connectivity index (χ2n) is 4.11. The highest BCUT2D eigenvalue weighted by Gasteiger charge is 2.46. The zero-order valence-electron chi connectivity index (χ0n) is 10.3. The summed E-state index contributed by atoms with van der Waals surface area (Å²) in [6, 6.07) is 3.13. The Kier molecular flexibility index (Phi) is 3.37. The Morgan fingerprint density at radius 3 is 2.50 bits per heavy atom. The van der Waals surface area contributed by atoms with Crippen LogP contribution in [0.4, 0.5) is 19.0 Å². The van der Waals surface area contributed by atoms with E-state index in [1.165, 1.54) is 22.5 Å². The number of hydrogen-bond acceptors (Lipinski definition) is 3. The fraction of sp³-hybridized carbons (Fsp3) is 0.300. The van der Waals surface area contributed by atoms with Crippen molar-refractivity contribution in [3.63, 3.8) is 0 Å². The molecule has 2 rings (SSSR count). The smallest absolute Gasteiger partial charge is 0.265 e. The van der Waals surface area contributed by atoms with E-state index in [1.807, 2.05) is 0 Å². The second kappa shape index (κ2) is 4.52. The fourth-order valence-corrected chi connectivity index (χ4v) is 2.57. The van der Waals surface area contributed by atoms with Crippen molar-refractivity contribution < 1.29 is 21.6 Å². The van der Waals surface area contributed by atoms with E-state index in [2.05, 4.69) is 5.10 Å². The van der Waals surface area contributed by atoms with E-state index in [0.29, 0.717) is 11.1 Å². The van der Waals surface area contributed by atoms with E-state index in [4.69, 9.17) is 11.6 Å². The first-order chi connectivity index (χ1) is 9.04.